The van der Waals surface area contributed by atoms with Crippen LogP contribution in [0.25, 0.3) is 0 Å². The van der Waals surface area contributed by atoms with Gasteiger partial charge in [-0.1, -0.05) is 6.07 Å². The predicted octanol–water partition coefficient (Wildman–Crippen LogP) is 1.80. The lowest BCUT2D eigenvalue weighted by atomic mass is 10.0. The Balaban J connectivity index is 3.33. The van der Waals surface area contributed by atoms with Gasteiger partial charge in [-0.15, -0.1) is 0 Å². The van der Waals surface area contributed by atoms with E-state index in [-0.39, 0.29) is 0 Å². The van der Waals surface area contributed by atoms with E-state index in [0.717, 1.165) is 22.4 Å². The van der Waals surface area contributed by atoms with Crippen molar-refractivity contribution in [1.29, 1.82) is 0 Å². The summed E-state index contributed by atoms with van der Waals surface area (Å²) < 4.78 is 10.6. The molecule has 0 bridgehead atoms. The fourth-order valence-electron chi connectivity index (χ4n) is 1.62. The molecule has 0 saturated carbocycles. The van der Waals surface area contributed by atoms with Crippen molar-refractivity contribution in [2.45, 2.75) is 20.4 Å². The lowest BCUT2D eigenvalue weighted by Crippen LogP contribution is -2.09. The van der Waals surface area contributed by atoms with Gasteiger partial charge in [0.1, 0.15) is 0 Å². The maximum Gasteiger partial charge on any atom is 0.165 e. The van der Waals surface area contributed by atoms with Gasteiger partial charge in [0.25, 0.3) is 0 Å². The van der Waals surface area contributed by atoms with E-state index in [0.29, 0.717) is 12.3 Å². The Morgan fingerprint density at radius 2 is 1.80 bits per heavy atom. The molecule has 0 unspecified atom stereocenters. The van der Waals surface area contributed by atoms with Crippen molar-refractivity contribution >= 4 is 0 Å². The van der Waals surface area contributed by atoms with Gasteiger partial charge in [-0.25, -0.2) is 5.48 Å². The van der Waals surface area contributed by atoms with E-state index in [4.69, 9.17) is 14.7 Å². The molecule has 0 atom stereocenters. The van der Waals surface area contributed by atoms with Crippen LogP contribution in [0.3, 0.4) is 0 Å². The molecule has 0 saturated heterocycles. The molecule has 0 aromatic heterocycles. The molecular formula is C11H17NO3. The molecule has 1 rings (SSSR count). The third-order valence-electron chi connectivity index (χ3n) is 2.50. The van der Waals surface area contributed by atoms with Crippen LogP contribution in [0.15, 0.2) is 6.07 Å². The minimum Gasteiger partial charge on any atom is -0.493 e. The summed E-state index contributed by atoms with van der Waals surface area (Å²) in [4.78, 5) is 0. The summed E-state index contributed by atoms with van der Waals surface area (Å²) >= 11 is 0. The average Bonchev–Trinajstić information content (AvgIpc) is 2.23. The summed E-state index contributed by atoms with van der Waals surface area (Å²) in [5, 5.41) is 8.72. The van der Waals surface area contributed by atoms with Crippen LogP contribution in [0.1, 0.15) is 16.7 Å². The first-order valence-corrected chi connectivity index (χ1v) is 4.73. The highest BCUT2D eigenvalue weighted by Gasteiger charge is 2.14. The molecule has 0 radical (unpaired) electrons. The van der Waals surface area contributed by atoms with Crippen LogP contribution in [0.4, 0.5) is 0 Å². The molecule has 0 heterocycles. The normalized spacial score (nSPS) is 10.2. The molecule has 0 aliphatic heterocycles. The van der Waals surface area contributed by atoms with Gasteiger partial charge in [0, 0.05) is 12.1 Å². The number of benzene rings is 1. The predicted molar refractivity (Wildman–Crippen MR) is 57.6 cm³/mol. The molecule has 0 spiro atoms. The highest BCUT2D eigenvalue weighted by molar-refractivity contribution is 5.54. The zero-order chi connectivity index (χ0) is 11.4. The average molecular weight is 211 g/mol. The van der Waals surface area contributed by atoms with E-state index in [1.54, 1.807) is 14.2 Å². The Hall–Kier alpha value is -1.26. The van der Waals surface area contributed by atoms with Gasteiger partial charge in [0.2, 0.25) is 0 Å². The molecular weight excluding hydrogens is 194 g/mol. The number of hydrogen-bond donors (Lipinski definition) is 2. The van der Waals surface area contributed by atoms with Crippen LogP contribution in [0.5, 0.6) is 11.5 Å². The quantitative estimate of drug-likeness (QED) is 0.746. The van der Waals surface area contributed by atoms with E-state index < -0.39 is 0 Å². The summed E-state index contributed by atoms with van der Waals surface area (Å²) in [6.07, 6.45) is 0. The molecule has 2 N–H and O–H groups in total. The fraction of sp³-hybridized carbons (Fsp3) is 0.455. The van der Waals surface area contributed by atoms with Crippen molar-refractivity contribution in [3.05, 3.63) is 22.8 Å². The number of hydroxylamine groups is 1. The van der Waals surface area contributed by atoms with Crippen LogP contribution >= 0.6 is 0 Å². The van der Waals surface area contributed by atoms with Crippen molar-refractivity contribution in [1.82, 2.24) is 5.48 Å². The van der Waals surface area contributed by atoms with Gasteiger partial charge in [0.05, 0.1) is 14.2 Å². The third kappa shape index (κ3) is 2.22. The van der Waals surface area contributed by atoms with Gasteiger partial charge >= 0.3 is 0 Å². The molecule has 4 heteroatoms. The standard InChI is InChI=1S/C11H17NO3/c1-7-5-9(6-12-13)11(15-4)10(14-3)8(7)2/h5,12-13H,6H2,1-4H3. The Bertz CT molecular complexity index is 350. The number of rotatable bonds is 4. The van der Waals surface area contributed by atoms with Crippen LogP contribution in [-0.4, -0.2) is 19.4 Å². The SMILES string of the molecule is COc1c(CNO)cc(C)c(C)c1OC. The number of aryl methyl sites for hydroxylation is 1. The van der Waals surface area contributed by atoms with Gasteiger partial charge < -0.3 is 14.7 Å². The summed E-state index contributed by atoms with van der Waals surface area (Å²) in [5.41, 5.74) is 5.16. The van der Waals surface area contributed by atoms with E-state index in [1.807, 2.05) is 19.9 Å². The first-order valence-electron chi connectivity index (χ1n) is 4.73. The number of ether oxygens (including phenoxy) is 2. The Labute approximate surface area is 89.8 Å². The molecule has 1 aromatic rings. The second kappa shape index (κ2) is 5.00. The van der Waals surface area contributed by atoms with Crippen LogP contribution in [-0.2, 0) is 6.54 Å². The van der Waals surface area contributed by atoms with Gasteiger partial charge in [-0.3, -0.25) is 0 Å². The Kier molecular flexibility index (Phi) is 3.94. The van der Waals surface area contributed by atoms with Crippen LogP contribution in [0, 0.1) is 13.8 Å². The van der Waals surface area contributed by atoms with Gasteiger partial charge in [-0.2, -0.15) is 0 Å². The maximum absolute atomic E-state index is 8.72. The zero-order valence-corrected chi connectivity index (χ0v) is 9.55. The molecule has 84 valence electrons. The topological polar surface area (TPSA) is 50.7 Å². The third-order valence-corrected chi connectivity index (χ3v) is 2.50. The van der Waals surface area contributed by atoms with Crippen molar-refractivity contribution in [2.75, 3.05) is 14.2 Å². The zero-order valence-electron chi connectivity index (χ0n) is 9.55. The Morgan fingerprint density at radius 3 is 2.27 bits per heavy atom. The van der Waals surface area contributed by atoms with Crippen LogP contribution in [0.2, 0.25) is 0 Å². The number of hydrogen-bond acceptors (Lipinski definition) is 4. The van der Waals surface area contributed by atoms with Crippen molar-refractivity contribution < 1.29 is 14.7 Å². The molecule has 0 aliphatic carbocycles. The summed E-state index contributed by atoms with van der Waals surface area (Å²) in [7, 11) is 3.20. The molecule has 4 nitrogen and oxygen atoms in total. The van der Waals surface area contributed by atoms with Gasteiger partial charge in [-0.05, 0) is 25.0 Å². The first kappa shape index (κ1) is 11.8. The van der Waals surface area contributed by atoms with Crippen LogP contribution < -0.4 is 15.0 Å². The second-order valence-corrected chi connectivity index (χ2v) is 3.38. The first-order chi connectivity index (χ1) is 7.15. The summed E-state index contributed by atoms with van der Waals surface area (Å²) in [6.45, 7) is 4.31. The van der Waals surface area contributed by atoms with Gasteiger partial charge in [0.15, 0.2) is 11.5 Å². The maximum atomic E-state index is 8.72. The summed E-state index contributed by atoms with van der Waals surface area (Å²) in [6, 6.07) is 1.97. The molecule has 0 fully saturated rings. The monoisotopic (exact) mass is 211 g/mol. The minimum absolute atomic E-state index is 0.334. The van der Waals surface area contributed by atoms with Crippen molar-refractivity contribution in [2.24, 2.45) is 0 Å². The molecule has 0 amide bonds. The lowest BCUT2D eigenvalue weighted by Gasteiger charge is -2.16. The van der Waals surface area contributed by atoms with E-state index in [9.17, 15) is 0 Å². The van der Waals surface area contributed by atoms with E-state index in [1.165, 1.54) is 0 Å². The van der Waals surface area contributed by atoms with Crippen molar-refractivity contribution in [3.8, 4) is 11.5 Å². The minimum atomic E-state index is 0.334. The van der Waals surface area contributed by atoms with E-state index in [2.05, 4.69) is 5.48 Å². The van der Waals surface area contributed by atoms with E-state index >= 15 is 0 Å². The largest absolute Gasteiger partial charge is 0.493 e. The summed E-state index contributed by atoms with van der Waals surface area (Å²) in [5.74, 6) is 1.39. The molecule has 15 heavy (non-hydrogen) atoms. The number of methoxy groups -OCH3 is 2. The molecule has 1 aromatic carbocycles. The number of nitrogens with one attached hydrogen (secondary N) is 1. The smallest absolute Gasteiger partial charge is 0.165 e. The van der Waals surface area contributed by atoms with Crippen molar-refractivity contribution in [3.63, 3.8) is 0 Å². The highest BCUT2D eigenvalue weighted by Crippen LogP contribution is 2.36. The lowest BCUT2D eigenvalue weighted by molar-refractivity contribution is 0.160. The highest BCUT2D eigenvalue weighted by atomic mass is 16.5. The molecule has 0 aliphatic rings. The Morgan fingerprint density at radius 1 is 1.20 bits per heavy atom. The fourth-order valence-corrected chi connectivity index (χ4v) is 1.62. The second-order valence-electron chi connectivity index (χ2n) is 3.38.